The summed E-state index contributed by atoms with van der Waals surface area (Å²) in [5.41, 5.74) is 0. The third kappa shape index (κ3) is 8.20. The summed E-state index contributed by atoms with van der Waals surface area (Å²) in [5.74, 6) is -1.72. The van der Waals surface area contributed by atoms with Crippen LogP contribution in [0.25, 0.3) is 0 Å². The summed E-state index contributed by atoms with van der Waals surface area (Å²) < 4.78 is 6.03. The first kappa shape index (κ1) is 20.9. The van der Waals surface area contributed by atoms with Crippen LogP contribution in [0.1, 0.15) is 39.5 Å². The molecule has 0 aromatic heterocycles. The second-order valence-electron chi connectivity index (χ2n) is 6.27. The van der Waals surface area contributed by atoms with Gasteiger partial charge in [0.05, 0.1) is 0 Å². The van der Waals surface area contributed by atoms with Crippen LogP contribution in [0.4, 0.5) is 0 Å². The van der Waals surface area contributed by atoms with E-state index in [2.05, 4.69) is 0 Å². The number of carboxylic acid groups (broad SMARTS) is 2. The zero-order chi connectivity index (χ0) is 16.9. The van der Waals surface area contributed by atoms with E-state index in [1.54, 1.807) is 0 Å². The maximum Gasteiger partial charge on any atom is 0.379 e. The van der Waals surface area contributed by atoms with Gasteiger partial charge in [-0.25, -0.2) is 0 Å². The van der Waals surface area contributed by atoms with E-state index in [0.717, 1.165) is 0 Å². The zero-order valence-electron chi connectivity index (χ0n) is 12.9. The van der Waals surface area contributed by atoms with Gasteiger partial charge in [0.2, 0.25) is 0 Å². The molecule has 9 heteroatoms. The van der Waals surface area contributed by atoms with Crippen LogP contribution in [0.2, 0.25) is 24.2 Å². The maximum atomic E-state index is 10.7. The lowest BCUT2D eigenvalue weighted by molar-refractivity contribution is -0.138. The van der Waals surface area contributed by atoms with Crippen LogP contribution < -0.4 is 0 Å². The maximum absolute atomic E-state index is 10.7. The van der Waals surface area contributed by atoms with Crippen LogP contribution in [0, 0.1) is 0 Å². The smallest absolute Gasteiger partial charge is 0.379 e. The first-order valence-electron chi connectivity index (χ1n) is 6.81. The molecule has 0 saturated carbocycles. The van der Waals surface area contributed by atoms with Crippen LogP contribution in [0.5, 0.6) is 0 Å². The fourth-order valence-corrected chi connectivity index (χ4v) is 11.8. The van der Waals surface area contributed by atoms with Gasteiger partial charge < -0.3 is 14.3 Å². The number of hydrogen-bond acceptors (Lipinski definition) is 3. The summed E-state index contributed by atoms with van der Waals surface area (Å²) in [6.07, 6.45) is 0.969. The molecule has 0 aromatic carbocycles. The minimum atomic E-state index is -2.98. The van der Waals surface area contributed by atoms with E-state index < -0.39 is 27.2 Å². The molecule has 21 heavy (non-hydrogen) atoms. The number of halogens is 2. The molecule has 2 N–H and O–H groups in total. The quantitative estimate of drug-likeness (QED) is 0.443. The molecule has 0 aliphatic heterocycles. The van der Waals surface area contributed by atoms with Crippen molar-refractivity contribution in [2.24, 2.45) is 0 Å². The molecule has 0 aromatic rings. The van der Waals surface area contributed by atoms with E-state index in [0.29, 0.717) is 18.9 Å². The topological polar surface area (TPSA) is 83.8 Å². The molecule has 0 fully saturated rings. The van der Waals surface area contributed by atoms with E-state index in [1.165, 1.54) is 0 Å². The number of hydrogen-bond donors (Lipinski definition) is 2. The third-order valence-electron chi connectivity index (χ3n) is 3.86. The number of carbonyl (C=O) groups is 2. The lowest BCUT2D eigenvalue weighted by Crippen LogP contribution is -2.49. The Morgan fingerprint density at radius 2 is 1.57 bits per heavy atom. The minimum Gasteiger partial charge on any atom is -0.481 e. The highest BCUT2D eigenvalue weighted by molar-refractivity contribution is 7.43. The van der Waals surface area contributed by atoms with E-state index in [9.17, 15) is 9.59 Å². The van der Waals surface area contributed by atoms with E-state index >= 15 is 0 Å². The van der Waals surface area contributed by atoms with Gasteiger partial charge in [0.1, 0.15) is 0 Å². The molecular formula is C12H24Cl2O5Si2. The molecule has 0 saturated heterocycles. The van der Waals surface area contributed by atoms with Gasteiger partial charge in [0.15, 0.2) is 8.32 Å². The van der Waals surface area contributed by atoms with Crippen molar-refractivity contribution in [3.63, 3.8) is 0 Å². The Morgan fingerprint density at radius 1 is 1.10 bits per heavy atom. The van der Waals surface area contributed by atoms with E-state index in [-0.39, 0.29) is 17.9 Å². The van der Waals surface area contributed by atoms with Gasteiger partial charge in [0, 0.05) is 12.8 Å². The number of rotatable bonds is 10. The van der Waals surface area contributed by atoms with Gasteiger partial charge in [-0.15, -0.1) is 22.2 Å². The molecule has 0 bridgehead atoms. The Labute approximate surface area is 137 Å². The largest absolute Gasteiger partial charge is 0.481 e. The third-order valence-corrected chi connectivity index (χ3v) is 14.1. The van der Waals surface area contributed by atoms with Crippen LogP contribution in [0.15, 0.2) is 0 Å². The highest BCUT2D eigenvalue weighted by atomic mass is 35.7. The normalized spacial score (nSPS) is 13.2. The van der Waals surface area contributed by atoms with Crippen LogP contribution in [-0.2, 0) is 13.7 Å². The summed E-state index contributed by atoms with van der Waals surface area (Å²) in [6, 6.07) is 0.355. The van der Waals surface area contributed by atoms with E-state index in [1.807, 2.05) is 26.9 Å². The summed E-state index contributed by atoms with van der Waals surface area (Å²) in [6.45, 7) is 4.91. The van der Waals surface area contributed by atoms with Gasteiger partial charge in [0.25, 0.3) is 0 Å². The molecule has 0 aliphatic carbocycles. The standard InChI is InChI=1S/C12H24Cl2O5Si2/c1-12(2,8-7-11(17)18)20(3,4)19-21(13,14)9-5-6-10(15)16/h5-9H2,1-4H3,(H,15,16)(H,17,18). The van der Waals surface area contributed by atoms with Gasteiger partial charge in [-0.05, 0) is 37.0 Å². The lowest BCUT2D eigenvalue weighted by atomic mass is 10.1. The monoisotopic (exact) mass is 374 g/mol. The molecule has 0 heterocycles. The molecule has 0 unspecified atom stereocenters. The van der Waals surface area contributed by atoms with Gasteiger partial charge in [-0.2, -0.15) is 0 Å². The Hall–Kier alpha value is -0.0862. The van der Waals surface area contributed by atoms with E-state index in [4.69, 9.17) is 36.5 Å². The molecule has 0 aliphatic rings. The van der Waals surface area contributed by atoms with Gasteiger partial charge in [-0.3, -0.25) is 9.59 Å². The molecule has 124 valence electrons. The Balaban J connectivity index is 4.67. The first-order valence-corrected chi connectivity index (χ1v) is 13.9. The highest BCUT2D eigenvalue weighted by Gasteiger charge is 2.47. The van der Waals surface area contributed by atoms with Crippen molar-refractivity contribution in [1.82, 2.24) is 0 Å². The minimum absolute atomic E-state index is 0.0158. The fraction of sp³-hybridized carbons (Fsp3) is 0.833. The van der Waals surface area contributed by atoms with Crippen molar-refractivity contribution in [3.05, 3.63) is 0 Å². The molecule has 0 amide bonds. The van der Waals surface area contributed by atoms with Crippen molar-refractivity contribution in [2.45, 2.75) is 63.7 Å². The van der Waals surface area contributed by atoms with Gasteiger partial charge >= 0.3 is 18.9 Å². The molecule has 0 radical (unpaired) electrons. The average Bonchev–Trinajstić information content (AvgIpc) is 2.23. The SMILES string of the molecule is CC(C)(CCC(=O)O)[Si](C)(C)O[Si](Cl)(Cl)CCCC(=O)O. The molecular weight excluding hydrogens is 351 g/mol. The Kier molecular flexibility index (Phi) is 7.93. The molecule has 0 spiro atoms. The Bertz CT molecular complexity index is 386. The summed E-state index contributed by atoms with van der Waals surface area (Å²) in [4.78, 5) is 21.3. The molecule has 0 rings (SSSR count). The van der Waals surface area contributed by atoms with Crippen molar-refractivity contribution in [3.8, 4) is 0 Å². The predicted octanol–water partition coefficient (Wildman–Crippen LogP) is 4.13. The summed E-state index contributed by atoms with van der Waals surface area (Å²) >= 11 is 12.6. The predicted molar refractivity (Wildman–Crippen MR) is 88.6 cm³/mol. The molecule has 5 nitrogen and oxygen atoms in total. The van der Waals surface area contributed by atoms with Crippen molar-refractivity contribution >= 4 is 49.4 Å². The van der Waals surface area contributed by atoms with Gasteiger partial charge in [-0.1, -0.05) is 13.8 Å². The van der Waals surface area contributed by atoms with Crippen molar-refractivity contribution < 1.29 is 23.9 Å². The lowest BCUT2D eigenvalue weighted by Gasteiger charge is -2.42. The second kappa shape index (κ2) is 7.96. The van der Waals surface area contributed by atoms with Crippen LogP contribution in [0.3, 0.4) is 0 Å². The zero-order valence-corrected chi connectivity index (χ0v) is 16.4. The van der Waals surface area contributed by atoms with Crippen LogP contribution in [-0.4, -0.2) is 37.4 Å². The summed E-state index contributed by atoms with van der Waals surface area (Å²) in [5, 5.41) is 17.2. The molecule has 0 atom stereocenters. The Morgan fingerprint density at radius 3 is 2.00 bits per heavy atom. The second-order valence-corrected chi connectivity index (χ2v) is 17.5. The van der Waals surface area contributed by atoms with Crippen molar-refractivity contribution in [2.75, 3.05) is 0 Å². The van der Waals surface area contributed by atoms with Crippen LogP contribution >= 0.6 is 22.2 Å². The fourth-order valence-electron chi connectivity index (χ4n) is 1.73. The van der Waals surface area contributed by atoms with Crippen molar-refractivity contribution in [1.29, 1.82) is 0 Å². The number of aliphatic carboxylic acids is 2. The first-order chi connectivity index (χ1) is 9.29. The number of carboxylic acids is 2. The summed E-state index contributed by atoms with van der Waals surface area (Å²) in [7, 11) is -2.32. The highest BCUT2D eigenvalue weighted by Crippen LogP contribution is 2.45. The average molecular weight is 375 g/mol.